The molecule has 0 fully saturated rings. The summed E-state index contributed by atoms with van der Waals surface area (Å²) in [4.78, 5) is 2.89. The molecule has 3 aliphatic rings. The zero-order valence-corrected chi connectivity index (χ0v) is 21.0. The molecule has 0 radical (unpaired) electrons. The van der Waals surface area contributed by atoms with Gasteiger partial charge in [0.25, 0.3) is 0 Å². The van der Waals surface area contributed by atoms with E-state index < -0.39 is 0 Å². The van der Waals surface area contributed by atoms with E-state index in [-0.39, 0.29) is 0 Å². The van der Waals surface area contributed by atoms with Crippen molar-refractivity contribution in [3.05, 3.63) is 48.1 Å². The zero-order valence-electron chi connectivity index (χ0n) is 18.8. The Labute approximate surface area is 193 Å². The summed E-state index contributed by atoms with van der Waals surface area (Å²) >= 11 is 2.81. The van der Waals surface area contributed by atoms with Gasteiger partial charge in [0.2, 0.25) is 0 Å². The van der Waals surface area contributed by atoms with Crippen LogP contribution in [0.3, 0.4) is 0 Å². The molecule has 0 heterocycles. The van der Waals surface area contributed by atoms with Gasteiger partial charge in [-0.3, -0.25) is 4.90 Å². The number of allylic oxidation sites excluding steroid dienone is 5. The fraction of sp³-hybridized carbons (Fsp3) is 0.704. The minimum atomic E-state index is 0.308. The van der Waals surface area contributed by atoms with Crippen molar-refractivity contribution in [2.24, 2.45) is 11.8 Å². The van der Waals surface area contributed by atoms with Crippen LogP contribution in [-0.2, 0) is 0 Å². The van der Waals surface area contributed by atoms with Crippen LogP contribution in [0.25, 0.3) is 0 Å². The Morgan fingerprint density at radius 1 is 1.24 bits per heavy atom. The lowest BCUT2D eigenvalue weighted by molar-refractivity contribution is 0.118. The molecule has 4 atom stereocenters. The van der Waals surface area contributed by atoms with Gasteiger partial charge in [0.05, 0.1) is 3.55 Å². The molecular weight excluding hydrogens is 465 g/mol. The maximum Gasteiger partial charge on any atom is 0.0772 e. The fourth-order valence-electron chi connectivity index (χ4n) is 5.60. The number of alkyl halides is 1. The molecule has 1 nitrogen and oxygen atoms in total. The normalized spacial score (nSPS) is 31.3. The number of hydrogen-bond acceptors (Lipinski definition) is 1. The number of nitrogens with zero attached hydrogens (tertiary/aromatic N) is 1. The van der Waals surface area contributed by atoms with Crippen LogP contribution in [0.2, 0.25) is 0 Å². The summed E-state index contributed by atoms with van der Waals surface area (Å²) in [5.41, 5.74) is 3.18. The van der Waals surface area contributed by atoms with Crippen molar-refractivity contribution in [3.8, 4) is 0 Å². The topological polar surface area (TPSA) is 3.24 Å². The molecule has 2 unspecified atom stereocenters. The Bertz CT molecular complexity index is 630. The van der Waals surface area contributed by atoms with E-state index in [1.807, 2.05) is 0 Å². The lowest BCUT2D eigenvalue weighted by Gasteiger charge is -2.46. The van der Waals surface area contributed by atoms with Gasteiger partial charge in [0.15, 0.2) is 0 Å². The quantitative estimate of drug-likeness (QED) is 0.131. The predicted octanol–water partition coefficient (Wildman–Crippen LogP) is 8.38. The Morgan fingerprint density at radius 3 is 2.69 bits per heavy atom. The fourth-order valence-corrected chi connectivity index (χ4v) is 6.69. The van der Waals surface area contributed by atoms with Gasteiger partial charge in [-0.05, 0) is 103 Å². The average Bonchev–Trinajstić information content (AvgIpc) is 2.74. The second kappa shape index (κ2) is 11.3. The molecule has 0 saturated carbocycles. The summed E-state index contributed by atoms with van der Waals surface area (Å²) in [6, 6.07) is 0.644. The Balaban J connectivity index is 1.63. The second-order valence-electron chi connectivity index (χ2n) is 9.80. The van der Waals surface area contributed by atoms with Crippen molar-refractivity contribution in [2.75, 3.05) is 6.54 Å². The monoisotopic (exact) mass is 507 g/mol. The maximum atomic E-state index is 4.08. The first-order valence-electron chi connectivity index (χ1n) is 12.1. The van der Waals surface area contributed by atoms with Gasteiger partial charge in [-0.25, -0.2) is 0 Å². The SMILES string of the molecule is C=CC[C@@H](CCCN([C@H]1C=CCCC1)C1(I)CC=C(C)CC1)C1CC=C(C)CC1. The van der Waals surface area contributed by atoms with E-state index >= 15 is 0 Å². The Morgan fingerprint density at radius 2 is 2.07 bits per heavy atom. The number of halogens is 1. The third-order valence-electron chi connectivity index (χ3n) is 7.60. The van der Waals surface area contributed by atoms with Gasteiger partial charge in [0, 0.05) is 12.6 Å². The summed E-state index contributed by atoms with van der Waals surface area (Å²) < 4.78 is 0.308. The lowest BCUT2D eigenvalue weighted by atomic mass is 9.77. The predicted molar refractivity (Wildman–Crippen MR) is 136 cm³/mol. The van der Waals surface area contributed by atoms with Gasteiger partial charge in [-0.1, -0.05) is 64.1 Å². The van der Waals surface area contributed by atoms with E-state index in [1.165, 1.54) is 83.6 Å². The molecule has 2 heteroatoms. The van der Waals surface area contributed by atoms with E-state index in [2.05, 4.69) is 78.3 Å². The molecule has 0 amide bonds. The molecule has 0 aliphatic heterocycles. The molecule has 0 aromatic carbocycles. The summed E-state index contributed by atoms with van der Waals surface area (Å²) in [7, 11) is 0. The Hall–Kier alpha value is -0.350. The van der Waals surface area contributed by atoms with Gasteiger partial charge < -0.3 is 0 Å². The minimum absolute atomic E-state index is 0.308. The van der Waals surface area contributed by atoms with Crippen LogP contribution in [0.4, 0.5) is 0 Å². The van der Waals surface area contributed by atoms with Crippen molar-refractivity contribution in [1.29, 1.82) is 0 Å². The first-order chi connectivity index (χ1) is 14.0. The molecule has 0 aromatic heterocycles. The van der Waals surface area contributed by atoms with E-state index in [1.54, 1.807) is 11.1 Å². The highest BCUT2D eigenvalue weighted by Crippen LogP contribution is 2.42. The first kappa shape index (κ1) is 23.3. The van der Waals surface area contributed by atoms with Crippen molar-refractivity contribution >= 4 is 22.6 Å². The molecule has 3 rings (SSSR count). The van der Waals surface area contributed by atoms with Crippen LogP contribution < -0.4 is 0 Å². The van der Waals surface area contributed by atoms with Crippen LogP contribution in [0.5, 0.6) is 0 Å². The minimum Gasteiger partial charge on any atom is -0.282 e. The summed E-state index contributed by atoms with van der Waals surface area (Å²) in [5.74, 6) is 1.69. The molecule has 3 aliphatic carbocycles. The largest absolute Gasteiger partial charge is 0.282 e. The van der Waals surface area contributed by atoms with Crippen molar-refractivity contribution < 1.29 is 0 Å². The third-order valence-corrected chi connectivity index (χ3v) is 9.20. The highest BCUT2D eigenvalue weighted by Gasteiger charge is 2.38. The highest BCUT2D eigenvalue weighted by molar-refractivity contribution is 14.1. The lowest BCUT2D eigenvalue weighted by Crippen LogP contribution is -2.50. The van der Waals surface area contributed by atoms with Crippen LogP contribution in [0.15, 0.2) is 48.1 Å². The summed E-state index contributed by atoms with van der Waals surface area (Å²) in [5, 5.41) is 0. The van der Waals surface area contributed by atoms with E-state index in [0.29, 0.717) is 9.59 Å². The average molecular weight is 508 g/mol. The van der Waals surface area contributed by atoms with Gasteiger partial charge in [0.1, 0.15) is 0 Å². The zero-order chi connectivity index (χ0) is 20.7. The van der Waals surface area contributed by atoms with E-state index in [0.717, 1.165) is 11.8 Å². The van der Waals surface area contributed by atoms with Gasteiger partial charge in [-0.2, -0.15) is 0 Å². The molecule has 0 saturated heterocycles. The maximum absolute atomic E-state index is 4.08. The molecule has 0 N–H and O–H groups in total. The molecule has 0 bridgehead atoms. The highest BCUT2D eigenvalue weighted by atomic mass is 127. The van der Waals surface area contributed by atoms with Crippen LogP contribution in [0, 0.1) is 11.8 Å². The van der Waals surface area contributed by atoms with Crippen molar-refractivity contribution in [2.45, 2.75) is 100 Å². The smallest absolute Gasteiger partial charge is 0.0772 e. The molecule has 0 spiro atoms. The van der Waals surface area contributed by atoms with Gasteiger partial charge in [-0.15, -0.1) is 6.58 Å². The molecule has 162 valence electrons. The van der Waals surface area contributed by atoms with Crippen molar-refractivity contribution in [1.82, 2.24) is 4.90 Å². The number of rotatable bonds is 9. The summed E-state index contributed by atoms with van der Waals surface area (Å²) in [6.45, 7) is 9.93. The van der Waals surface area contributed by atoms with Crippen molar-refractivity contribution in [3.63, 3.8) is 0 Å². The first-order valence-corrected chi connectivity index (χ1v) is 13.1. The number of hydrogen-bond donors (Lipinski definition) is 0. The standard InChI is InChI=1S/C27H42IN/c1-4-9-24(25-15-13-22(2)14-16-25)10-8-21-29(26-11-6-5-7-12-26)27(28)19-17-23(3)18-20-27/h4,6,11,13,17,24-26H,1,5,7-10,12,14-16,18-21H2,2-3H3/t24-,25?,26-,27?/m0/s1. The van der Waals surface area contributed by atoms with Crippen LogP contribution in [0.1, 0.15) is 90.9 Å². The second-order valence-corrected chi connectivity index (χ2v) is 11.8. The molecule has 29 heavy (non-hydrogen) atoms. The molecular formula is C27H42IN. The van der Waals surface area contributed by atoms with Gasteiger partial charge >= 0.3 is 0 Å². The van der Waals surface area contributed by atoms with E-state index in [9.17, 15) is 0 Å². The van der Waals surface area contributed by atoms with Crippen LogP contribution >= 0.6 is 22.6 Å². The Kier molecular flexibility index (Phi) is 9.10. The van der Waals surface area contributed by atoms with E-state index in [4.69, 9.17) is 0 Å². The third kappa shape index (κ3) is 6.56. The summed E-state index contributed by atoms with van der Waals surface area (Å²) in [6.07, 6.45) is 27.7. The van der Waals surface area contributed by atoms with Crippen LogP contribution in [-0.4, -0.2) is 21.0 Å². The molecule has 0 aromatic rings.